The van der Waals surface area contributed by atoms with Crippen LogP contribution in [0.5, 0.6) is 5.75 Å². The predicted molar refractivity (Wildman–Crippen MR) is 123 cm³/mol. The van der Waals surface area contributed by atoms with Crippen LogP contribution in [0.15, 0.2) is 27.9 Å². The van der Waals surface area contributed by atoms with E-state index >= 15 is 0 Å². The summed E-state index contributed by atoms with van der Waals surface area (Å²) in [4.78, 5) is 20.4. The molecule has 1 fully saturated rings. The number of hydrogen-bond acceptors (Lipinski definition) is 7. The summed E-state index contributed by atoms with van der Waals surface area (Å²) in [6, 6.07) is 3.73. The highest BCUT2D eigenvalue weighted by Gasteiger charge is 2.26. The molecular weight excluding hydrogens is 446 g/mol. The highest BCUT2D eigenvalue weighted by atomic mass is 32.2. The van der Waals surface area contributed by atoms with E-state index in [1.54, 1.807) is 18.4 Å². The zero-order valence-electron chi connectivity index (χ0n) is 19.0. The molecule has 0 bridgehead atoms. The number of benzene rings is 1. The van der Waals surface area contributed by atoms with Gasteiger partial charge in [0.25, 0.3) is 5.56 Å². The van der Waals surface area contributed by atoms with Crippen LogP contribution in [0, 0.1) is 6.92 Å². The van der Waals surface area contributed by atoms with Gasteiger partial charge in [-0.05, 0) is 51.8 Å². The van der Waals surface area contributed by atoms with Gasteiger partial charge in [0.05, 0.1) is 29.4 Å². The zero-order chi connectivity index (χ0) is 23.8. The lowest BCUT2D eigenvalue weighted by atomic mass is 10.1. The summed E-state index contributed by atoms with van der Waals surface area (Å²) >= 11 is 0. The first-order valence-electron chi connectivity index (χ1n) is 11.1. The molecule has 178 valence electrons. The molecule has 3 N–H and O–H groups in total. The average molecular weight is 476 g/mol. The van der Waals surface area contributed by atoms with Crippen molar-refractivity contribution in [3.8, 4) is 17.1 Å². The molecule has 1 aliphatic rings. The molecule has 11 heteroatoms. The number of fused-ring (bicyclic) bond motifs is 1. The molecule has 4 rings (SSSR count). The summed E-state index contributed by atoms with van der Waals surface area (Å²) in [7, 11) is -3.91. The van der Waals surface area contributed by atoms with Gasteiger partial charge in [-0.3, -0.25) is 4.79 Å². The lowest BCUT2D eigenvalue weighted by Crippen LogP contribution is -2.35. The maximum atomic E-state index is 13.0. The lowest BCUT2D eigenvalue weighted by Gasteiger charge is -2.15. The van der Waals surface area contributed by atoms with Crippen LogP contribution in [0.1, 0.15) is 57.0 Å². The molecule has 2 aromatic heterocycles. The van der Waals surface area contributed by atoms with Gasteiger partial charge in [0.15, 0.2) is 11.3 Å². The van der Waals surface area contributed by atoms with E-state index in [1.807, 2.05) is 6.92 Å². The fourth-order valence-electron chi connectivity index (χ4n) is 4.28. The van der Waals surface area contributed by atoms with Crippen LogP contribution in [-0.2, 0) is 10.0 Å². The van der Waals surface area contributed by atoms with E-state index in [-0.39, 0.29) is 28.8 Å². The van der Waals surface area contributed by atoms with Crippen molar-refractivity contribution >= 4 is 15.5 Å². The summed E-state index contributed by atoms with van der Waals surface area (Å²) in [5, 5.41) is 13.9. The largest absolute Gasteiger partial charge is 0.493 e. The van der Waals surface area contributed by atoms with Crippen molar-refractivity contribution in [2.75, 3.05) is 13.2 Å². The Morgan fingerprint density at radius 2 is 2.06 bits per heavy atom. The molecule has 3 aromatic rings. The van der Waals surface area contributed by atoms with E-state index in [1.165, 1.54) is 18.2 Å². The van der Waals surface area contributed by atoms with Crippen molar-refractivity contribution in [2.45, 2.75) is 63.3 Å². The molecule has 10 nitrogen and oxygen atoms in total. The van der Waals surface area contributed by atoms with Gasteiger partial charge >= 0.3 is 0 Å². The van der Waals surface area contributed by atoms with Crippen LogP contribution in [0.4, 0.5) is 0 Å². The minimum Gasteiger partial charge on any atom is -0.493 e. The number of aliphatic hydroxyl groups is 1. The minimum absolute atomic E-state index is 0.0261. The lowest BCUT2D eigenvalue weighted by molar-refractivity contribution is 0.265. The number of aromatic amines is 1. The van der Waals surface area contributed by atoms with E-state index < -0.39 is 16.1 Å². The molecule has 0 amide bonds. The van der Waals surface area contributed by atoms with Crippen molar-refractivity contribution in [3.05, 3.63) is 40.1 Å². The van der Waals surface area contributed by atoms with Crippen LogP contribution in [0.3, 0.4) is 0 Å². The Morgan fingerprint density at radius 3 is 2.73 bits per heavy atom. The second kappa shape index (κ2) is 9.24. The Labute approximate surface area is 192 Å². The van der Waals surface area contributed by atoms with Gasteiger partial charge < -0.3 is 14.8 Å². The molecule has 33 heavy (non-hydrogen) atoms. The molecule has 0 aliphatic heterocycles. The SMILES string of the molecule is CCOc1ccc(S(=O)(=O)NC(C)CO)cc1-c1nn2c(C3CCCC3)nc(C)c2c(=O)[nH]1. The highest BCUT2D eigenvalue weighted by Crippen LogP contribution is 2.34. The van der Waals surface area contributed by atoms with Gasteiger partial charge in [-0.15, -0.1) is 5.10 Å². The van der Waals surface area contributed by atoms with Crippen molar-refractivity contribution in [1.82, 2.24) is 24.3 Å². The third kappa shape index (κ3) is 4.53. The number of aromatic nitrogens is 4. The van der Waals surface area contributed by atoms with E-state index in [2.05, 4.69) is 19.8 Å². The summed E-state index contributed by atoms with van der Waals surface area (Å²) in [5.41, 5.74) is 0.998. The normalized spacial score (nSPS) is 15.9. The summed E-state index contributed by atoms with van der Waals surface area (Å²) in [6.45, 7) is 5.18. The average Bonchev–Trinajstić information content (AvgIpc) is 3.42. The summed E-state index contributed by atoms with van der Waals surface area (Å²) in [6.07, 6.45) is 4.22. The van der Waals surface area contributed by atoms with Crippen LogP contribution in [-0.4, -0.2) is 52.4 Å². The van der Waals surface area contributed by atoms with E-state index in [0.717, 1.165) is 31.5 Å². The van der Waals surface area contributed by atoms with Gasteiger partial charge in [-0.2, -0.15) is 0 Å². The first-order valence-corrected chi connectivity index (χ1v) is 12.6. The number of nitrogens with one attached hydrogen (secondary N) is 2. The van der Waals surface area contributed by atoms with E-state index in [4.69, 9.17) is 4.74 Å². The third-order valence-corrected chi connectivity index (χ3v) is 7.45. The molecule has 1 unspecified atom stereocenters. The van der Waals surface area contributed by atoms with Gasteiger partial charge in [0, 0.05) is 12.0 Å². The molecule has 0 radical (unpaired) electrons. The summed E-state index contributed by atoms with van der Waals surface area (Å²) in [5.74, 6) is 1.58. The first-order chi connectivity index (χ1) is 15.7. The van der Waals surface area contributed by atoms with Gasteiger partial charge in [0.2, 0.25) is 10.0 Å². The standard InChI is InChI=1S/C22H29N5O5S/c1-4-32-18-10-9-16(33(30,31)26-13(2)12-28)11-17(18)20-24-22(29)19-14(3)23-21(27(19)25-20)15-7-5-6-8-15/h9-11,13,15,26,28H,4-8,12H2,1-3H3,(H,24,25,29). The fraction of sp³-hybridized carbons (Fsp3) is 0.500. The van der Waals surface area contributed by atoms with Gasteiger partial charge in [-0.1, -0.05) is 12.8 Å². The molecule has 1 aliphatic carbocycles. The topological polar surface area (TPSA) is 139 Å². The number of nitrogens with zero attached hydrogens (tertiary/aromatic N) is 3. The number of imidazole rings is 1. The molecule has 0 saturated heterocycles. The molecule has 1 saturated carbocycles. The number of aryl methyl sites for hydroxylation is 1. The maximum absolute atomic E-state index is 13.0. The molecular formula is C22H29N5O5S. The third-order valence-electron chi connectivity index (χ3n) is 5.87. The van der Waals surface area contributed by atoms with Crippen molar-refractivity contribution in [1.29, 1.82) is 0 Å². The molecule has 1 atom stereocenters. The number of aliphatic hydroxyl groups excluding tert-OH is 1. The zero-order valence-corrected chi connectivity index (χ0v) is 19.8. The maximum Gasteiger partial charge on any atom is 0.277 e. The molecule has 0 spiro atoms. The van der Waals surface area contributed by atoms with Crippen LogP contribution in [0.2, 0.25) is 0 Å². The van der Waals surface area contributed by atoms with Crippen molar-refractivity contribution < 1.29 is 18.3 Å². The fourth-order valence-corrected chi connectivity index (χ4v) is 5.54. The second-order valence-corrected chi connectivity index (χ2v) is 10.1. The number of ether oxygens (including phenoxy) is 1. The smallest absolute Gasteiger partial charge is 0.277 e. The molecule has 1 aromatic carbocycles. The number of H-pyrrole nitrogens is 1. The Balaban J connectivity index is 1.89. The quantitative estimate of drug-likeness (QED) is 0.453. The van der Waals surface area contributed by atoms with Crippen LogP contribution < -0.4 is 15.0 Å². The predicted octanol–water partition coefficient (Wildman–Crippen LogP) is 2.11. The van der Waals surface area contributed by atoms with Gasteiger partial charge in [-0.25, -0.2) is 22.6 Å². The first kappa shape index (κ1) is 23.4. The van der Waals surface area contributed by atoms with Crippen LogP contribution in [0.25, 0.3) is 16.9 Å². The van der Waals surface area contributed by atoms with Crippen molar-refractivity contribution in [2.24, 2.45) is 0 Å². The Kier molecular flexibility index (Phi) is 6.55. The number of rotatable bonds is 8. The number of hydrogen-bond donors (Lipinski definition) is 3. The monoisotopic (exact) mass is 475 g/mol. The van der Waals surface area contributed by atoms with Gasteiger partial charge in [0.1, 0.15) is 11.6 Å². The van der Waals surface area contributed by atoms with Crippen molar-refractivity contribution in [3.63, 3.8) is 0 Å². The summed E-state index contributed by atoms with van der Waals surface area (Å²) < 4.78 is 35.3. The minimum atomic E-state index is -3.91. The van der Waals surface area contributed by atoms with Crippen LogP contribution >= 0.6 is 0 Å². The Hall–Kier alpha value is -2.76. The van der Waals surface area contributed by atoms with E-state index in [9.17, 15) is 18.3 Å². The second-order valence-electron chi connectivity index (χ2n) is 8.40. The molecule has 2 heterocycles. The Morgan fingerprint density at radius 1 is 1.33 bits per heavy atom. The Bertz CT molecular complexity index is 1320. The highest BCUT2D eigenvalue weighted by molar-refractivity contribution is 7.89. The van der Waals surface area contributed by atoms with E-state index in [0.29, 0.717) is 29.1 Å². The number of sulfonamides is 1.